The Morgan fingerprint density at radius 2 is 2.06 bits per heavy atom. The van der Waals surface area contributed by atoms with Gasteiger partial charge in [0.2, 0.25) is 5.91 Å². The molecule has 0 saturated heterocycles. The Labute approximate surface area is 105 Å². The van der Waals surface area contributed by atoms with Gasteiger partial charge in [0.25, 0.3) is 0 Å². The SMILES string of the molecule is CCCN(CC)C(=O)C1CCCC(N)C1.Cl. The monoisotopic (exact) mass is 248 g/mol. The van der Waals surface area contributed by atoms with Crippen LogP contribution in [-0.4, -0.2) is 29.9 Å². The van der Waals surface area contributed by atoms with Gasteiger partial charge in [-0.2, -0.15) is 0 Å². The number of halogens is 1. The molecule has 96 valence electrons. The molecule has 1 aliphatic carbocycles. The van der Waals surface area contributed by atoms with E-state index in [0.29, 0.717) is 5.91 Å². The van der Waals surface area contributed by atoms with Crippen molar-refractivity contribution < 1.29 is 4.79 Å². The average molecular weight is 249 g/mol. The van der Waals surface area contributed by atoms with Gasteiger partial charge in [-0.1, -0.05) is 13.3 Å². The molecule has 4 heteroatoms. The lowest BCUT2D eigenvalue weighted by molar-refractivity contribution is -0.136. The molecule has 1 saturated carbocycles. The fourth-order valence-corrected chi connectivity index (χ4v) is 2.40. The second-order valence-corrected chi connectivity index (χ2v) is 4.54. The standard InChI is InChI=1S/C12H24N2O.ClH/c1-3-8-14(4-2)12(15)10-6-5-7-11(13)9-10;/h10-11H,3-9,13H2,1-2H3;1H. The first-order chi connectivity index (χ1) is 7.19. The number of carbonyl (C=O) groups is 1. The van der Waals surface area contributed by atoms with Crippen molar-refractivity contribution in [1.82, 2.24) is 4.90 Å². The van der Waals surface area contributed by atoms with Crippen molar-refractivity contribution in [2.75, 3.05) is 13.1 Å². The first-order valence-corrected chi connectivity index (χ1v) is 6.23. The Hall–Kier alpha value is -0.280. The van der Waals surface area contributed by atoms with Crippen LogP contribution in [0.5, 0.6) is 0 Å². The van der Waals surface area contributed by atoms with Crippen LogP contribution in [0.4, 0.5) is 0 Å². The zero-order valence-corrected chi connectivity index (χ0v) is 11.3. The van der Waals surface area contributed by atoms with Crippen LogP contribution in [0, 0.1) is 5.92 Å². The Morgan fingerprint density at radius 1 is 1.38 bits per heavy atom. The molecule has 0 bridgehead atoms. The van der Waals surface area contributed by atoms with E-state index in [1.165, 1.54) is 0 Å². The third-order valence-corrected chi connectivity index (χ3v) is 3.25. The van der Waals surface area contributed by atoms with E-state index in [1.54, 1.807) is 0 Å². The first kappa shape index (κ1) is 15.7. The van der Waals surface area contributed by atoms with Gasteiger partial charge in [-0.3, -0.25) is 4.79 Å². The van der Waals surface area contributed by atoms with Gasteiger partial charge < -0.3 is 10.6 Å². The van der Waals surface area contributed by atoms with Crippen LogP contribution in [0.2, 0.25) is 0 Å². The molecule has 1 aliphatic rings. The second-order valence-electron chi connectivity index (χ2n) is 4.54. The predicted molar refractivity (Wildman–Crippen MR) is 69.7 cm³/mol. The maximum atomic E-state index is 12.1. The predicted octanol–water partition coefficient (Wildman–Crippen LogP) is 2.18. The molecule has 0 aromatic rings. The molecular formula is C12H25ClN2O. The minimum Gasteiger partial charge on any atom is -0.343 e. The Balaban J connectivity index is 0.00000225. The molecule has 2 unspecified atom stereocenters. The fourth-order valence-electron chi connectivity index (χ4n) is 2.40. The highest BCUT2D eigenvalue weighted by atomic mass is 35.5. The zero-order valence-electron chi connectivity index (χ0n) is 10.4. The van der Waals surface area contributed by atoms with Gasteiger partial charge >= 0.3 is 0 Å². The number of hydrogen-bond acceptors (Lipinski definition) is 2. The third kappa shape index (κ3) is 4.30. The number of carbonyl (C=O) groups excluding carboxylic acids is 1. The molecule has 2 atom stereocenters. The molecule has 2 N–H and O–H groups in total. The summed E-state index contributed by atoms with van der Waals surface area (Å²) in [7, 11) is 0. The largest absolute Gasteiger partial charge is 0.343 e. The highest BCUT2D eigenvalue weighted by molar-refractivity contribution is 5.85. The normalized spacial score (nSPS) is 24.7. The van der Waals surface area contributed by atoms with E-state index in [2.05, 4.69) is 13.8 Å². The van der Waals surface area contributed by atoms with E-state index in [0.717, 1.165) is 45.2 Å². The molecule has 0 radical (unpaired) electrons. The minimum absolute atomic E-state index is 0. The van der Waals surface area contributed by atoms with E-state index in [4.69, 9.17) is 5.73 Å². The summed E-state index contributed by atoms with van der Waals surface area (Å²) in [6.45, 7) is 5.89. The maximum Gasteiger partial charge on any atom is 0.225 e. The van der Waals surface area contributed by atoms with Gasteiger partial charge in [0.15, 0.2) is 0 Å². The van der Waals surface area contributed by atoms with Crippen molar-refractivity contribution >= 4 is 18.3 Å². The van der Waals surface area contributed by atoms with Gasteiger partial charge in [-0.05, 0) is 32.6 Å². The number of nitrogens with zero attached hydrogens (tertiary/aromatic N) is 1. The number of hydrogen-bond donors (Lipinski definition) is 1. The van der Waals surface area contributed by atoms with Crippen LogP contribution in [-0.2, 0) is 4.79 Å². The summed E-state index contributed by atoms with van der Waals surface area (Å²) >= 11 is 0. The van der Waals surface area contributed by atoms with Gasteiger partial charge in [-0.15, -0.1) is 12.4 Å². The van der Waals surface area contributed by atoms with Crippen molar-refractivity contribution in [3.8, 4) is 0 Å². The van der Waals surface area contributed by atoms with Crippen LogP contribution >= 0.6 is 12.4 Å². The minimum atomic E-state index is 0. The molecule has 1 fully saturated rings. The fraction of sp³-hybridized carbons (Fsp3) is 0.917. The van der Waals surface area contributed by atoms with Crippen molar-refractivity contribution in [1.29, 1.82) is 0 Å². The summed E-state index contributed by atoms with van der Waals surface area (Å²) in [4.78, 5) is 14.1. The summed E-state index contributed by atoms with van der Waals surface area (Å²) in [5.74, 6) is 0.523. The molecule has 16 heavy (non-hydrogen) atoms. The van der Waals surface area contributed by atoms with Crippen molar-refractivity contribution in [3.63, 3.8) is 0 Å². The van der Waals surface area contributed by atoms with Crippen LogP contribution in [0.15, 0.2) is 0 Å². The maximum absolute atomic E-state index is 12.1. The van der Waals surface area contributed by atoms with Crippen molar-refractivity contribution in [2.24, 2.45) is 11.7 Å². The van der Waals surface area contributed by atoms with Crippen LogP contribution in [0.25, 0.3) is 0 Å². The summed E-state index contributed by atoms with van der Waals surface area (Å²) in [6.07, 6.45) is 5.16. The summed E-state index contributed by atoms with van der Waals surface area (Å²) in [6, 6.07) is 0.244. The molecule has 3 nitrogen and oxygen atoms in total. The van der Waals surface area contributed by atoms with Gasteiger partial charge in [0.1, 0.15) is 0 Å². The highest BCUT2D eigenvalue weighted by Crippen LogP contribution is 2.24. The molecule has 1 rings (SSSR count). The van der Waals surface area contributed by atoms with Crippen LogP contribution in [0.1, 0.15) is 46.0 Å². The van der Waals surface area contributed by atoms with Crippen LogP contribution < -0.4 is 5.73 Å². The molecule has 0 aromatic heterocycles. The Morgan fingerprint density at radius 3 is 2.56 bits per heavy atom. The molecule has 0 spiro atoms. The van der Waals surface area contributed by atoms with Gasteiger partial charge in [0.05, 0.1) is 0 Å². The number of nitrogens with two attached hydrogens (primary N) is 1. The number of rotatable bonds is 4. The molecule has 0 aliphatic heterocycles. The topological polar surface area (TPSA) is 46.3 Å². The van der Waals surface area contributed by atoms with Gasteiger partial charge in [0, 0.05) is 25.0 Å². The van der Waals surface area contributed by atoms with Gasteiger partial charge in [-0.25, -0.2) is 0 Å². The lowest BCUT2D eigenvalue weighted by atomic mass is 9.85. The summed E-state index contributed by atoms with van der Waals surface area (Å²) < 4.78 is 0. The van der Waals surface area contributed by atoms with E-state index < -0.39 is 0 Å². The lowest BCUT2D eigenvalue weighted by Gasteiger charge is -2.30. The molecule has 1 amide bonds. The number of amides is 1. The van der Waals surface area contributed by atoms with Crippen molar-refractivity contribution in [2.45, 2.75) is 52.0 Å². The van der Waals surface area contributed by atoms with Crippen LogP contribution in [0.3, 0.4) is 0 Å². The zero-order chi connectivity index (χ0) is 11.3. The average Bonchev–Trinajstić information content (AvgIpc) is 2.25. The molecular weight excluding hydrogens is 224 g/mol. The van der Waals surface area contributed by atoms with E-state index in [1.807, 2.05) is 4.90 Å². The Kier molecular flexibility index (Phi) is 7.77. The smallest absolute Gasteiger partial charge is 0.225 e. The quantitative estimate of drug-likeness (QED) is 0.829. The van der Waals surface area contributed by atoms with E-state index in [-0.39, 0.29) is 24.4 Å². The van der Waals surface area contributed by atoms with E-state index in [9.17, 15) is 4.79 Å². The third-order valence-electron chi connectivity index (χ3n) is 3.25. The Bertz CT molecular complexity index is 211. The van der Waals surface area contributed by atoms with Crippen molar-refractivity contribution in [3.05, 3.63) is 0 Å². The highest BCUT2D eigenvalue weighted by Gasteiger charge is 2.27. The second kappa shape index (κ2) is 7.91. The summed E-state index contributed by atoms with van der Waals surface area (Å²) in [5.41, 5.74) is 5.91. The first-order valence-electron chi connectivity index (χ1n) is 6.23. The van der Waals surface area contributed by atoms with E-state index >= 15 is 0 Å². The molecule has 0 aromatic carbocycles. The summed E-state index contributed by atoms with van der Waals surface area (Å²) in [5, 5.41) is 0. The molecule has 0 heterocycles. The lowest BCUT2D eigenvalue weighted by Crippen LogP contribution is -2.40.